The quantitative estimate of drug-likeness (QED) is 0.793. The molecule has 1 saturated carbocycles. The predicted octanol–water partition coefficient (Wildman–Crippen LogP) is 0.811. The van der Waals surface area contributed by atoms with Gasteiger partial charge in [0, 0.05) is 19.1 Å². The number of rotatable bonds is 3. The zero-order valence-electron chi connectivity index (χ0n) is 10.9. The van der Waals surface area contributed by atoms with Gasteiger partial charge < -0.3 is 10.6 Å². The Morgan fingerprint density at radius 2 is 1.94 bits per heavy atom. The lowest BCUT2D eigenvalue weighted by Gasteiger charge is -2.43. The Morgan fingerprint density at radius 1 is 1.24 bits per heavy atom. The van der Waals surface area contributed by atoms with Crippen LogP contribution >= 0.6 is 0 Å². The minimum atomic E-state index is 0.0238. The van der Waals surface area contributed by atoms with Crippen molar-refractivity contribution in [1.82, 2.24) is 9.80 Å². The van der Waals surface area contributed by atoms with E-state index in [-0.39, 0.29) is 6.04 Å². The number of carbonyl (C=O) groups is 1. The first-order chi connectivity index (χ1) is 8.24. The van der Waals surface area contributed by atoms with E-state index >= 15 is 0 Å². The highest BCUT2D eigenvalue weighted by Crippen LogP contribution is 2.25. The summed E-state index contributed by atoms with van der Waals surface area (Å²) < 4.78 is 0. The Bertz CT molecular complexity index is 263. The summed E-state index contributed by atoms with van der Waals surface area (Å²) in [6.45, 7) is 2.49. The number of piperazine rings is 1. The van der Waals surface area contributed by atoms with E-state index < -0.39 is 0 Å². The largest absolute Gasteiger partial charge is 0.337 e. The van der Waals surface area contributed by atoms with E-state index in [0.29, 0.717) is 18.5 Å². The second-order valence-electron chi connectivity index (χ2n) is 5.40. The monoisotopic (exact) mass is 239 g/mol. The summed E-state index contributed by atoms with van der Waals surface area (Å²) in [7, 11) is 2.04. The number of nitrogens with zero attached hydrogens (tertiary/aromatic N) is 2. The van der Waals surface area contributed by atoms with Crippen molar-refractivity contribution in [3.8, 4) is 0 Å². The van der Waals surface area contributed by atoms with Crippen molar-refractivity contribution in [2.45, 2.75) is 50.6 Å². The first-order valence-corrected chi connectivity index (χ1v) is 6.95. The molecule has 1 amide bonds. The molecule has 1 unspecified atom stereocenters. The van der Waals surface area contributed by atoms with E-state index in [1.165, 1.54) is 32.1 Å². The Hall–Kier alpha value is -0.610. The molecule has 0 aromatic carbocycles. The summed E-state index contributed by atoms with van der Waals surface area (Å²) in [5.74, 6) is 0.316. The van der Waals surface area contributed by atoms with Crippen molar-refractivity contribution >= 4 is 5.91 Å². The molecule has 0 aromatic rings. The molecule has 17 heavy (non-hydrogen) atoms. The van der Waals surface area contributed by atoms with Crippen molar-refractivity contribution in [2.75, 3.05) is 26.7 Å². The molecule has 1 aliphatic carbocycles. The highest BCUT2D eigenvalue weighted by Gasteiger charge is 2.35. The van der Waals surface area contributed by atoms with Gasteiger partial charge in [0.05, 0.1) is 6.04 Å². The minimum Gasteiger partial charge on any atom is -0.337 e. The van der Waals surface area contributed by atoms with Gasteiger partial charge in [-0.15, -0.1) is 0 Å². The van der Waals surface area contributed by atoms with Crippen molar-refractivity contribution in [2.24, 2.45) is 5.73 Å². The number of nitrogens with two attached hydrogens (primary N) is 1. The van der Waals surface area contributed by atoms with E-state index in [0.717, 1.165) is 19.5 Å². The second-order valence-corrected chi connectivity index (χ2v) is 5.40. The molecule has 1 heterocycles. The van der Waals surface area contributed by atoms with Crippen LogP contribution in [0.25, 0.3) is 0 Å². The zero-order valence-corrected chi connectivity index (χ0v) is 10.9. The number of hydrogen-bond donors (Lipinski definition) is 1. The van der Waals surface area contributed by atoms with Crippen LogP contribution in [-0.2, 0) is 4.79 Å². The molecule has 98 valence electrons. The van der Waals surface area contributed by atoms with E-state index in [1.807, 2.05) is 7.05 Å². The maximum Gasteiger partial charge on any atom is 0.240 e. The molecular formula is C13H25N3O. The van der Waals surface area contributed by atoms with Crippen LogP contribution in [0.1, 0.15) is 38.5 Å². The Kier molecular flexibility index (Phi) is 4.40. The summed E-state index contributed by atoms with van der Waals surface area (Å²) in [6.07, 6.45) is 7.09. The normalized spacial score (nSPS) is 28.7. The van der Waals surface area contributed by atoms with Crippen molar-refractivity contribution in [3.05, 3.63) is 0 Å². The van der Waals surface area contributed by atoms with Crippen LogP contribution in [0.2, 0.25) is 0 Å². The van der Waals surface area contributed by atoms with Gasteiger partial charge in [0.15, 0.2) is 0 Å². The third-order valence-electron chi connectivity index (χ3n) is 4.25. The van der Waals surface area contributed by atoms with Crippen molar-refractivity contribution in [3.63, 3.8) is 0 Å². The fraction of sp³-hybridized carbons (Fsp3) is 0.923. The molecule has 2 rings (SSSR count). The van der Waals surface area contributed by atoms with Crippen LogP contribution < -0.4 is 5.73 Å². The predicted molar refractivity (Wildman–Crippen MR) is 68.7 cm³/mol. The number of carbonyl (C=O) groups excluding carboxylic acids is 1. The number of likely N-dealkylation sites (N-methyl/N-ethyl adjacent to an activating group) is 1. The highest BCUT2D eigenvalue weighted by atomic mass is 16.2. The number of amides is 1. The summed E-state index contributed by atoms with van der Waals surface area (Å²) in [4.78, 5) is 16.8. The van der Waals surface area contributed by atoms with E-state index in [1.54, 1.807) is 0 Å². The second kappa shape index (κ2) is 5.83. The summed E-state index contributed by atoms with van der Waals surface area (Å²) in [5.41, 5.74) is 5.61. The van der Waals surface area contributed by atoms with Crippen LogP contribution in [0.4, 0.5) is 0 Å². The van der Waals surface area contributed by atoms with Crippen LogP contribution in [-0.4, -0.2) is 54.5 Å². The molecule has 0 aromatic heterocycles. The molecule has 1 aliphatic heterocycles. The van der Waals surface area contributed by atoms with Crippen molar-refractivity contribution < 1.29 is 4.79 Å². The van der Waals surface area contributed by atoms with Gasteiger partial charge in [-0.1, -0.05) is 19.3 Å². The average molecular weight is 239 g/mol. The molecule has 2 aliphatic rings. The van der Waals surface area contributed by atoms with Gasteiger partial charge in [0.1, 0.15) is 0 Å². The molecule has 4 heteroatoms. The van der Waals surface area contributed by atoms with E-state index in [2.05, 4.69) is 9.80 Å². The van der Waals surface area contributed by atoms with Gasteiger partial charge in [0.2, 0.25) is 5.91 Å². The molecule has 0 radical (unpaired) electrons. The average Bonchev–Trinajstić information content (AvgIpc) is 2.36. The van der Waals surface area contributed by atoms with Crippen LogP contribution in [0, 0.1) is 0 Å². The Labute approximate surface area is 104 Å². The zero-order chi connectivity index (χ0) is 12.3. The lowest BCUT2D eigenvalue weighted by Crippen LogP contribution is -2.59. The maximum atomic E-state index is 12.5. The van der Waals surface area contributed by atoms with Crippen LogP contribution in [0.5, 0.6) is 0 Å². The van der Waals surface area contributed by atoms with E-state index in [4.69, 9.17) is 5.73 Å². The SMILES string of the molecule is CN1CCN(C2CCCCC2)C(=O)C1CCN. The number of hydrogen-bond acceptors (Lipinski definition) is 3. The third-order valence-corrected chi connectivity index (χ3v) is 4.25. The molecule has 2 N–H and O–H groups in total. The lowest BCUT2D eigenvalue weighted by molar-refractivity contribution is -0.144. The van der Waals surface area contributed by atoms with Crippen LogP contribution in [0.3, 0.4) is 0 Å². The topological polar surface area (TPSA) is 49.6 Å². The van der Waals surface area contributed by atoms with Crippen LogP contribution in [0.15, 0.2) is 0 Å². The van der Waals surface area contributed by atoms with Gasteiger partial charge in [-0.05, 0) is 32.9 Å². The van der Waals surface area contributed by atoms with Gasteiger partial charge >= 0.3 is 0 Å². The molecule has 1 saturated heterocycles. The first kappa shape index (κ1) is 12.8. The Morgan fingerprint density at radius 3 is 2.59 bits per heavy atom. The van der Waals surface area contributed by atoms with Gasteiger partial charge in [-0.3, -0.25) is 9.69 Å². The molecule has 4 nitrogen and oxygen atoms in total. The molecular weight excluding hydrogens is 214 g/mol. The lowest BCUT2D eigenvalue weighted by atomic mass is 9.92. The maximum absolute atomic E-state index is 12.5. The molecule has 0 bridgehead atoms. The van der Waals surface area contributed by atoms with Gasteiger partial charge in [-0.2, -0.15) is 0 Å². The fourth-order valence-electron chi connectivity index (χ4n) is 3.17. The third kappa shape index (κ3) is 2.80. The summed E-state index contributed by atoms with van der Waals surface area (Å²) in [5, 5.41) is 0. The van der Waals surface area contributed by atoms with Gasteiger partial charge in [-0.25, -0.2) is 0 Å². The molecule has 0 spiro atoms. The fourth-order valence-corrected chi connectivity index (χ4v) is 3.17. The van der Waals surface area contributed by atoms with Gasteiger partial charge in [0.25, 0.3) is 0 Å². The summed E-state index contributed by atoms with van der Waals surface area (Å²) in [6, 6.07) is 0.529. The van der Waals surface area contributed by atoms with Crippen molar-refractivity contribution in [1.29, 1.82) is 0 Å². The smallest absolute Gasteiger partial charge is 0.240 e. The minimum absolute atomic E-state index is 0.0238. The standard InChI is InChI=1S/C13H25N3O/c1-15-9-10-16(11-5-3-2-4-6-11)13(17)12(15)7-8-14/h11-12H,2-10,14H2,1H3. The first-order valence-electron chi connectivity index (χ1n) is 6.95. The molecule has 2 fully saturated rings. The highest BCUT2D eigenvalue weighted by molar-refractivity contribution is 5.83. The summed E-state index contributed by atoms with van der Waals surface area (Å²) >= 11 is 0. The Balaban J connectivity index is 2.00. The molecule has 1 atom stereocenters. The van der Waals surface area contributed by atoms with E-state index in [9.17, 15) is 4.79 Å².